The molecule has 0 aliphatic carbocycles. The zero-order chi connectivity index (χ0) is 14.4. The summed E-state index contributed by atoms with van der Waals surface area (Å²) >= 11 is 4.65. The van der Waals surface area contributed by atoms with E-state index in [4.69, 9.17) is 0 Å². The summed E-state index contributed by atoms with van der Waals surface area (Å²) in [5, 5.41) is 5.68. The van der Waals surface area contributed by atoms with Gasteiger partial charge in [-0.15, -0.1) is 11.3 Å². The van der Waals surface area contributed by atoms with Crippen LogP contribution in [0.25, 0.3) is 0 Å². The molecule has 1 aromatic heterocycles. The van der Waals surface area contributed by atoms with Crippen LogP contribution < -0.4 is 10.6 Å². The summed E-state index contributed by atoms with van der Waals surface area (Å²) in [4.78, 5) is 26.1. The fourth-order valence-electron chi connectivity index (χ4n) is 1.49. The van der Waals surface area contributed by atoms with Crippen LogP contribution in [0, 0.1) is 0 Å². The van der Waals surface area contributed by atoms with Gasteiger partial charge in [0.1, 0.15) is 6.04 Å². The molecule has 1 heterocycles. The predicted molar refractivity (Wildman–Crippen MR) is 80.5 cm³/mol. The van der Waals surface area contributed by atoms with Crippen molar-refractivity contribution in [3.63, 3.8) is 0 Å². The molecule has 0 saturated carbocycles. The number of likely N-dealkylation sites (N-methyl/N-ethyl adjacent to an activating group) is 2. The van der Waals surface area contributed by atoms with Crippen LogP contribution in [0.5, 0.6) is 0 Å². The standard InChI is InChI=1S/C12H18BrN3O2S/c1-8(12(18)16(3)7-6-14-2)15-11(17)9-4-5-10(13)19-9/h4-5,8,14H,6-7H2,1-3H3,(H,15,17). The van der Waals surface area contributed by atoms with Crippen molar-refractivity contribution in [1.29, 1.82) is 0 Å². The van der Waals surface area contributed by atoms with E-state index in [9.17, 15) is 9.59 Å². The first-order valence-corrected chi connectivity index (χ1v) is 7.52. The van der Waals surface area contributed by atoms with Gasteiger partial charge in [0, 0.05) is 20.1 Å². The first-order chi connectivity index (χ1) is 8.95. The number of rotatable bonds is 6. The van der Waals surface area contributed by atoms with E-state index in [-0.39, 0.29) is 11.8 Å². The smallest absolute Gasteiger partial charge is 0.262 e. The van der Waals surface area contributed by atoms with Gasteiger partial charge in [-0.25, -0.2) is 0 Å². The molecule has 0 saturated heterocycles. The molecule has 0 spiro atoms. The van der Waals surface area contributed by atoms with Crippen molar-refractivity contribution in [3.8, 4) is 0 Å². The predicted octanol–water partition coefficient (Wildman–Crippen LogP) is 1.31. The Hall–Kier alpha value is -0.920. The second-order valence-electron chi connectivity index (χ2n) is 4.16. The van der Waals surface area contributed by atoms with Crippen LogP contribution in [0.4, 0.5) is 0 Å². The highest BCUT2D eigenvalue weighted by atomic mass is 79.9. The van der Waals surface area contributed by atoms with Gasteiger partial charge in [-0.1, -0.05) is 0 Å². The number of carbonyl (C=O) groups is 2. The van der Waals surface area contributed by atoms with Crippen molar-refractivity contribution >= 4 is 39.1 Å². The highest BCUT2D eigenvalue weighted by Gasteiger charge is 2.20. The van der Waals surface area contributed by atoms with Crippen LogP contribution in [0.15, 0.2) is 15.9 Å². The molecule has 1 atom stereocenters. The van der Waals surface area contributed by atoms with E-state index in [0.717, 1.165) is 10.3 Å². The second-order valence-corrected chi connectivity index (χ2v) is 6.63. The zero-order valence-electron chi connectivity index (χ0n) is 11.2. The summed E-state index contributed by atoms with van der Waals surface area (Å²) < 4.78 is 0.891. The molecule has 2 amide bonds. The maximum atomic E-state index is 12.0. The summed E-state index contributed by atoms with van der Waals surface area (Å²) in [6.07, 6.45) is 0. The van der Waals surface area contributed by atoms with E-state index in [2.05, 4.69) is 26.6 Å². The SMILES string of the molecule is CNCCN(C)C(=O)C(C)NC(=O)c1ccc(Br)s1. The molecule has 19 heavy (non-hydrogen) atoms. The number of hydrogen-bond donors (Lipinski definition) is 2. The van der Waals surface area contributed by atoms with Crippen LogP contribution in [-0.2, 0) is 4.79 Å². The summed E-state index contributed by atoms with van der Waals surface area (Å²) in [7, 11) is 3.56. The summed E-state index contributed by atoms with van der Waals surface area (Å²) in [5.74, 6) is -0.321. The molecule has 1 aromatic rings. The highest BCUT2D eigenvalue weighted by Crippen LogP contribution is 2.21. The Bertz CT molecular complexity index is 450. The third-order valence-corrected chi connectivity index (χ3v) is 4.21. The molecule has 0 bridgehead atoms. The minimum atomic E-state index is -0.532. The Morgan fingerprint density at radius 3 is 2.68 bits per heavy atom. The minimum Gasteiger partial charge on any atom is -0.343 e. The normalized spacial score (nSPS) is 12.0. The van der Waals surface area contributed by atoms with Gasteiger partial charge in [0.15, 0.2) is 0 Å². The van der Waals surface area contributed by atoms with E-state index in [1.54, 1.807) is 24.9 Å². The van der Waals surface area contributed by atoms with Gasteiger partial charge < -0.3 is 15.5 Å². The average Bonchev–Trinajstić information content (AvgIpc) is 2.81. The number of nitrogens with zero attached hydrogens (tertiary/aromatic N) is 1. The van der Waals surface area contributed by atoms with E-state index < -0.39 is 6.04 Å². The molecule has 0 fully saturated rings. The Balaban J connectivity index is 2.52. The lowest BCUT2D eigenvalue weighted by Crippen LogP contribution is -2.46. The molecule has 0 radical (unpaired) electrons. The Morgan fingerprint density at radius 2 is 2.16 bits per heavy atom. The molecule has 5 nitrogen and oxygen atoms in total. The fourth-order valence-corrected chi connectivity index (χ4v) is 2.78. The number of halogens is 1. The number of thiophene rings is 1. The number of amides is 2. The summed E-state index contributed by atoms with van der Waals surface area (Å²) in [5.41, 5.74) is 0. The molecule has 0 aliphatic rings. The molecule has 2 N–H and O–H groups in total. The van der Waals surface area contributed by atoms with Crippen molar-refractivity contribution < 1.29 is 9.59 Å². The lowest BCUT2D eigenvalue weighted by atomic mass is 10.2. The molecule has 0 aliphatic heterocycles. The molecular formula is C12H18BrN3O2S. The maximum Gasteiger partial charge on any atom is 0.262 e. The number of nitrogens with one attached hydrogen (secondary N) is 2. The first kappa shape index (κ1) is 16.1. The van der Waals surface area contributed by atoms with Gasteiger partial charge in [-0.05, 0) is 42.0 Å². The summed E-state index contributed by atoms with van der Waals surface area (Å²) in [6, 6.07) is 3.01. The van der Waals surface area contributed by atoms with Gasteiger partial charge in [0.2, 0.25) is 5.91 Å². The van der Waals surface area contributed by atoms with E-state index >= 15 is 0 Å². The zero-order valence-corrected chi connectivity index (χ0v) is 13.6. The van der Waals surface area contributed by atoms with Gasteiger partial charge in [0.05, 0.1) is 8.66 Å². The van der Waals surface area contributed by atoms with Gasteiger partial charge in [-0.3, -0.25) is 9.59 Å². The van der Waals surface area contributed by atoms with E-state index in [1.807, 2.05) is 13.1 Å². The molecule has 7 heteroatoms. The van der Waals surface area contributed by atoms with Crippen LogP contribution in [0.1, 0.15) is 16.6 Å². The lowest BCUT2D eigenvalue weighted by Gasteiger charge is -2.21. The quantitative estimate of drug-likeness (QED) is 0.815. The average molecular weight is 348 g/mol. The third-order valence-electron chi connectivity index (χ3n) is 2.59. The topological polar surface area (TPSA) is 61.4 Å². The van der Waals surface area contributed by atoms with Crippen LogP contribution in [0.3, 0.4) is 0 Å². The molecule has 106 valence electrons. The van der Waals surface area contributed by atoms with Gasteiger partial charge >= 0.3 is 0 Å². The summed E-state index contributed by atoms with van der Waals surface area (Å²) in [6.45, 7) is 3.03. The molecule has 1 unspecified atom stereocenters. The van der Waals surface area contributed by atoms with Crippen LogP contribution in [-0.4, -0.2) is 49.9 Å². The largest absolute Gasteiger partial charge is 0.343 e. The van der Waals surface area contributed by atoms with Crippen molar-refractivity contribution in [2.75, 3.05) is 27.2 Å². The second kappa shape index (κ2) is 7.62. The maximum absolute atomic E-state index is 12.0. The minimum absolute atomic E-state index is 0.0979. The molecule has 1 rings (SSSR count). The van der Waals surface area contributed by atoms with Crippen molar-refractivity contribution in [2.24, 2.45) is 0 Å². The van der Waals surface area contributed by atoms with Crippen LogP contribution >= 0.6 is 27.3 Å². The van der Waals surface area contributed by atoms with E-state index in [1.165, 1.54) is 11.3 Å². The van der Waals surface area contributed by atoms with Crippen molar-refractivity contribution in [3.05, 3.63) is 20.8 Å². The fraction of sp³-hybridized carbons (Fsp3) is 0.500. The van der Waals surface area contributed by atoms with E-state index in [0.29, 0.717) is 11.4 Å². The highest BCUT2D eigenvalue weighted by molar-refractivity contribution is 9.11. The van der Waals surface area contributed by atoms with Crippen molar-refractivity contribution in [1.82, 2.24) is 15.5 Å². The van der Waals surface area contributed by atoms with Crippen LogP contribution in [0.2, 0.25) is 0 Å². The monoisotopic (exact) mass is 347 g/mol. The third kappa shape index (κ3) is 4.93. The Labute approximate surface area is 125 Å². The molecular weight excluding hydrogens is 330 g/mol. The number of carbonyl (C=O) groups excluding carboxylic acids is 2. The first-order valence-electron chi connectivity index (χ1n) is 5.91. The number of hydrogen-bond acceptors (Lipinski definition) is 4. The Morgan fingerprint density at radius 1 is 1.47 bits per heavy atom. The van der Waals surface area contributed by atoms with Gasteiger partial charge in [-0.2, -0.15) is 0 Å². The lowest BCUT2D eigenvalue weighted by molar-refractivity contribution is -0.131. The Kier molecular flexibility index (Phi) is 6.47. The van der Waals surface area contributed by atoms with Crippen molar-refractivity contribution in [2.45, 2.75) is 13.0 Å². The molecule has 0 aromatic carbocycles. The van der Waals surface area contributed by atoms with Gasteiger partial charge in [0.25, 0.3) is 5.91 Å².